The molecule has 3 atom stereocenters. The molecule has 1 N–H and O–H groups in total. The van der Waals surface area contributed by atoms with Crippen LogP contribution in [0.15, 0.2) is 0 Å². The Balaban J connectivity index is 2.45. The summed E-state index contributed by atoms with van der Waals surface area (Å²) in [6.45, 7) is 6.54. The number of esters is 1. The van der Waals surface area contributed by atoms with Crippen molar-refractivity contribution in [3.05, 3.63) is 0 Å². The van der Waals surface area contributed by atoms with Gasteiger partial charge < -0.3 is 10.1 Å². The molecule has 1 aliphatic rings. The van der Waals surface area contributed by atoms with Gasteiger partial charge >= 0.3 is 5.97 Å². The van der Waals surface area contributed by atoms with Crippen LogP contribution < -0.4 is 5.32 Å². The van der Waals surface area contributed by atoms with Gasteiger partial charge in [-0.25, -0.2) is 0 Å². The van der Waals surface area contributed by atoms with Crippen molar-refractivity contribution in [2.45, 2.75) is 45.7 Å². The lowest BCUT2D eigenvalue weighted by atomic mass is 9.89. The first-order valence-electron chi connectivity index (χ1n) is 5.07. The Bertz CT molecular complexity index is 182. The highest BCUT2D eigenvalue weighted by Gasteiger charge is 2.30. The van der Waals surface area contributed by atoms with Crippen LogP contribution >= 0.6 is 0 Å². The van der Waals surface area contributed by atoms with E-state index >= 15 is 0 Å². The van der Waals surface area contributed by atoms with Crippen molar-refractivity contribution in [2.75, 3.05) is 6.61 Å². The van der Waals surface area contributed by atoms with Crippen molar-refractivity contribution >= 4 is 5.97 Å². The van der Waals surface area contributed by atoms with Gasteiger partial charge in [0.1, 0.15) is 0 Å². The quantitative estimate of drug-likeness (QED) is 0.659. The molecule has 0 amide bonds. The van der Waals surface area contributed by atoms with E-state index in [1.54, 1.807) is 0 Å². The van der Waals surface area contributed by atoms with Gasteiger partial charge in [-0.15, -0.1) is 0 Å². The molecule has 0 saturated carbocycles. The van der Waals surface area contributed by atoms with Gasteiger partial charge in [-0.05, 0) is 33.6 Å². The maximum Gasteiger partial charge on any atom is 0.310 e. The maximum atomic E-state index is 11.5. The largest absolute Gasteiger partial charge is 0.466 e. The fraction of sp³-hybridized carbons (Fsp3) is 0.900. The summed E-state index contributed by atoms with van der Waals surface area (Å²) in [5.74, 6) is 0.00514. The summed E-state index contributed by atoms with van der Waals surface area (Å²) in [6.07, 6.45) is 2.02. The van der Waals surface area contributed by atoms with E-state index in [1.165, 1.54) is 0 Å². The van der Waals surface area contributed by atoms with Gasteiger partial charge in [0.2, 0.25) is 0 Å². The van der Waals surface area contributed by atoms with Crippen molar-refractivity contribution in [1.82, 2.24) is 5.32 Å². The number of hydrogen-bond donors (Lipinski definition) is 1. The summed E-state index contributed by atoms with van der Waals surface area (Å²) in [6, 6.07) is 0.781. The van der Waals surface area contributed by atoms with Crippen molar-refractivity contribution < 1.29 is 9.53 Å². The monoisotopic (exact) mass is 185 g/mol. The molecule has 3 heteroatoms. The van der Waals surface area contributed by atoms with Crippen molar-refractivity contribution in [1.29, 1.82) is 0 Å². The number of hydrogen-bond acceptors (Lipinski definition) is 3. The maximum absolute atomic E-state index is 11.5. The van der Waals surface area contributed by atoms with E-state index in [4.69, 9.17) is 4.74 Å². The third kappa shape index (κ3) is 2.69. The second-order valence-corrected chi connectivity index (χ2v) is 3.79. The molecule has 3 nitrogen and oxygen atoms in total. The zero-order valence-electron chi connectivity index (χ0n) is 8.67. The van der Waals surface area contributed by atoms with Gasteiger partial charge in [0, 0.05) is 12.1 Å². The molecule has 76 valence electrons. The number of piperidine rings is 1. The molecule has 0 aromatic heterocycles. The summed E-state index contributed by atoms with van der Waals surface area (Å²) in [4.78, 5) is 11.5. The lowest BCUT2D eigenvalue weighted by Crippen LogP contribution is -2.47. The molecule has 0 bridgehead atoms. The van der Waals surface area contributed by atoms with Crippen molar-refractivity contribution in [3.8, 4) is 0 Å². The molecule has 0 radical (unpaired) electrons. The first kappa shape index (κ1) is 10.5. The molecular formula is C10H19NO2. The van der Waals surface area contributed by atoms with Gasteiger partial charge in [0.15, 0.2) is 0 Å². The minimum Gasteiger partial charge on any atom is -0.466 e. The molecule has 1 rings (SSSR count). The zero-order valence-corrected chi connectivity index (χ0v) is 8.67. The van der Waals surface area contributed by atoms with E-state index in [-0.39, 0.29) is 17.9 Å². The number of carbonyl (C=O) groups is 1. The van der Waals surface area contributed by atoms with E-state index in [0.717, 1.165) is 12.8 Å². The fourth-order valence-electron chi connectivity index (χ4n) is 1.90. The molecule has 1 fully saturated rings. The second kappa shape index (κ2) is 4.61. The Morgan fingerprint density at radius 1 is 1.46 bits per heavy atom. The summed E-state index contributed by atoms with van der Waals surface area (Å²) in [7, 11) is 0. The van der Waals surface area contributed by atoms with E-state index in [0.29, 0.717) is 12.6 Å². The third-order valence-corrected chi connectivity index (χ3v) is 2.65. The third-order valence-electron chi connectivity index (χ3n) is 2.65. The van der Waals surface area contributed by atoms with Gasteiger partial charge in [0.05, 0.1) is 12.5 Å². The Labute approximate surface area is 79.8 Å². The topological polar surface area (TPSA) is 38.3 Å². The molecule has 1 aliphatic heterocycles. The van der Waals surface area contributed by atoms with Crippen LogP contribution in [0.2, 0.25) is 0 Å². The molecule has 1 heterocycles. The van der Waals surface area contributed by atoms with E-state index in [9.17, 15) is 4.79 Å². The van der Waals surface area contributed by atoms with Crippen LogP contribution in [-0.4, -0.2) is 24.7 Å². The van der Waals surface area contributed by atoms with Crippen molar-refractivity contribution in [2.24, 2.45) is 5.92 Å². The molecule has 0 aromatic rings. The number of ether oxygens (including phenoxy) is 1. The molecule has 0 spiro atoms. The summed E-state index contributed by atoms with van der Waals surface area (Å²) in [5, 5.41) is 3.37. The first-order chi connectivity index (χ1) is 6.15. The van der Waals surface area contributed by atoms with Crippen LogP contribution in [0.1, 0.15) is 33.6 Å². The highest BCUT2D eigenvalue weighted by molar-refractivity contribution is 5.73. The Morgan fingerprint density at radius 3 is 2.69 bits per heavy atom. The van der Waals surface area contributed by atoms with Crippen LogP contribution in [0.5, 0.6) is 0 Å². The summed E-state index contributed by atoms with van der Waals surface area (Å²) >= 11 is 0. The minimum atomic E-state index is -0.0469. The summed E-state index contributed by atoms with van der Waals surface area (Å²) < 4.78 is 5.01. The second-order valence-electron chi connectivity index (χ2n) is 3.79. The number of rotatable bonds is 2. The molecular weight excluding hydrogens is 166 g/mol. The molecule has 0 unspecified atom stereocenters. The van der Waals surface area contributed by atoms with Gasteiger partial charge in [-0.3, -0.25) is 4.79 Å². The molecule has 0 aliphatic carbocycles. The van der Waals surface area contributed by atoms with Crippen molar-refractivity contribution in [3.63, 3.8) is 0 Å². The van der Waals surface area contributed by atoms with Crippen LogP contribution in [0.4, 0.5) is 0 Å². The normalized spacial score (nSPS) is 34.2. The SMILES string of the molecule is CCOC(=O)[C@@H]1CC[C@H](C)N[C@@H]1C. The lowest BCUT2D eigenvalue weighted by molar-refractivity contribution is -0.150. The highest BCUT2D eigenvalue weighted by atomic mass is 16.5. The lowest BCUT2D eigenvalue weighted by Gasteiger charge is -2.32. The standard InChI is InChI=1S/C10H19NO2/c1-4-13-10(12)9-6-5-7(2)11-8(9)3/h7-9,11H,4-6H2,1-3H3/t7-,8+,9+/m0/s1. The first-order valence-corrected chi connectivity index (χ1v) is 5.07. The van der Waals surface area contributed by atoms with Crippen LogP contribution in [0.25, 0.3) is 0 Å². The van der Waals surface area contributed by atoms with Crippen LogP contribution in [0, 0.1) is 5.92 Å². The van der Waals surface area contributed by atoms with Crippen LogP contribution in [-0.2, 0) is 9.53 Å². The summed E-state index contributed by atoms with van der Waals surface area (Å²) in [5.41, 5.74) is 0. The molecule has 0 aromatic carbocycles. The van der Waals surface area contributed by atoms with E-state index < -0.39 is 0 Å². The Hall–Kier alpha value is -0.570. The smallest absolute Gasteiger partial charge is 0.310 e. The predicted octanol–water partition coefficient (Wildman–Crippen LogP) is 1.33. The average molecular weight is 185 g/mol. The Morgan fingerprint density at radius 2 is 2.15 bits per heavy atom. The fourth-order valence-corrected chi connectivity index (χ4v) is 1.90. The number of carbonyl (C=O) groups excluding carboxylic acids is 1. The van der Waals surface area contributed by atoms with E-state index in [1.807, 2.05) is 6.92 Å². The Kier molecular flexibility index (Phi) is 3.72. The van der Waals surface area contributed by atoms with Gasteiger partial charge in [-0.1, -0.05) is 0 Å². The predicted molar refractivity (Wildman–Crippen MR) is 51.4 cm³/mol. The average Bonchev–Trinajstić information content (AvgIpc) is 2.04. The highest BCUT2D eigenvalue weighted by Crippen LogP contribution is 2.20. The van der Waals surface area contributed by atoms with E-state index in [2.05, 4.69) is 19.2 Å². The molecule has 13 heavy (non-hydrogen) atoms. The minimum absolute atomic E-state index is 0.0469. The molecule has 1 saturated heterocycles. The van der Waals surface area contributed by atoms with Gasteiger partial charge in [0.25, 0.3) is 0 Å². The van der Waals surface area contributed by atoms with Gasteiger partial charge in [-0.2, -0.15) is 0 Å². The zero-order chi connectivity index (χ0) is 9.84. The van der Waals surface area contributed by atoms with Crippen LogP contribution in [0.3, 0.4) is 0 Å². The number of nitrogens with one attached hydrogen (secondary N) is 1.